The summed E-state index contributed by atoms with van der Waals surface area (Å²) in [7, 11) is -2.16. The Labute approximate surface area is 119 Å². The Kier molecular flexibility index (Phi) is 5.97. The first-order valence-corrected chi connectivity index (χ1v) is 7.90. The van der Waals surface area contributed by atoms with Crippen molar-refractivity contribution in [3.63, 3.8) is 0 Å². The number of nitrogens with one attached hydrogen (secondary N) is 2. The number of amides is 1. The molecule has 0 spiro atoms. The van der Waals surface area contributed by atoms with E-state index in [4.69, 9.17) is 4.74 Å². The summed E-state index contributed by atoms with van der Waals surface area (Å²) in [6.45, 7) is 4.43. The summed E-state index contributed by atoms with van der Waals surface area (Å²) >= 11 is 0. The second kappa shape index (κ2) is 7.25. The van der Waals surface area contributed by atoms with Gasteiger partial charge in [0, 0.05) is 13.1 Å². The number of benzene rings is 1. The lowest BCUT2D eigenvalue weighted by molar-refractivity contribution is 0.0950. The molecule has 1 rings (SSSR count). The number of ether oxygens (including phenoxy) is 1. The minimum absolute atomic E-state index is 0.0433. The van der Waals surface area contributed by atoms with E-state index >= 15 is 0 Å². The Hall–Kier alpha value is -1.60. The molecule has 0 bridgehead atoms. The van der Waals surface area contributed by atoms with E-state index < -0.39 is 10.0 Å². The highest BCUT2D eigenvalue weighted by molar-refractivity contribution is 7.89. The van der Waals surface area contributed by atoms with Crippen molar-refractivity contribution < 1.29 is 17.9 Å². The minimum atomic E-state index is -3.60. The van der Waals surface area contributed by atoms with Crippen molar-refractivity contribution in [3.05, 3.63) is 23.8 Å². The van der Waals surface area contributed by atoms with Crippen molar-refractivity contribution in [3.8, 4) is 5.75 Å². The fourth-order valence-electron chi connectivity index (χ4n) is 1.64. The van der Waals surface area contributed by atoms with E-state index in [2.05, 4.69) is 10.0 Å². The van der Waals surface area contributed by atoms with Crippen molar-refractivity contribution >= 4 is 15.9 Å². The van der Waals surface area contributed by atoms with Crippen LogP contribution < -0.4 is 14.8 Å². The van der Waals surface area contributed by atoms with Gasteiger partial charge in [0.1, 0.15) is 5.75 Å². The second-order valence-corrected chi connectivity index (χ2v) is 5.89. The van der Waals surface area contributed by atoms with Gasteiger partial charge >= 0.3 is 0 Å². The molecule has 0 atom stereocenters. The molecule has 0 saturated heterocycles. The van der Waals surface area contributed by atoms with Gasteiger partial charge in [-0.05, 0) is 24.6 Å². The summed E-state index contributed by atoms with van der Waals surface area (Å²) in [5.41, 5.74) is 0.208. The van der Waals surface area contributed by atoms with Crippen LogP contribution >= 0.6 is 0 Å². The number of rotatable bonds is 7. The molecule has 0 unspecified atom stereocenters. The second-order valence-electron chi connectivity index (χ2n) is 4.12. The number of methoxy groups -OCH3 is 1. The highest BCUT2D eigenvalue weighted by Crippen LogP contribution is 2.22. The third-order valence-corrected chi connectivity index (χ3v) is 4.14. The maximum atomic E-state index is 12.0. The van der Waals surface area contributed by atoms with Gasteiger partial charge in [-0.15, -0.1) is 0 Å². The molecule has 1 aromatic carbocycles. The highest BCUT2D eigenvalue weighted by Gasteiger charge is 2.18. The quantitative estimate of drug-likeness (QED) is 0.790. The molecule has 20 heavy (non-hydrogen) atoms. The van der Waals surface area contributed by atoms with Crippen molar-refractivity contribution in [2.24, 2.45) is 0 Å². The van der Waals surface area contributed by atoms with Gasteiger partial charge in [0.2, 0.25) is 10.0 Å². The molecule has 2 N–H and O–H groups in total. The average molecular weight is 300 g/mol. The smallest absolute Gasteiger partial charge is 0.255 e. The number of carbonyl (C=O) groups excluding carboxylic acids is 1. The zero-order valence-corrected chi connectivity index (χ0v) is 12.7. The Morgan fingerprint density at radius 2 is 2.00 bits per heavy atom. The molecule has 0 fully saturated rings. The van der Waals surface area contributed by atoms with Crippen LogP contribution in [0.15, 0.2) is 23.1 Å². The number of hydrogen-bond acceptors (Lipinski definition) is 4. The zero-order valence-electron chi connectivity index (χ0n) is 11.9. The van der Waals surface area contributed by atoms with E-state index in [1.807, 2.05) is 6.92 Å². The lowest BCUT2D eigenvalue weighted by atomic mass is 10.2. The van der Waals surface area contributed by atoms with Crippen LogP contribution in [0.4, 0.5) is 0 Å². The van der Waals surface area contributed by atoms with Gasteiger partial charge in [-0.2, -0.15) is 0 Å². The van der Waals surface area contributed by atoms with Crippen LogP contribution in [0.1, 0.15) is 30.6 Å². The SMILES string of the molecule is CCCNC(=O)c1cc(S(=O)(=O)NCC)ccc1OC. The Balaban J connectivity index is 3.18. The molecule has 112 valence electrons. The summed E-state index contributed by atoms with van der Waals surface area (Å²) in [6, 6.07) is 4.21. The summed E-state index contributed by atoms with van der Waals surface area (Å²) in [5.74, 6) is -0.00806. The monoisotopic (exact) mass is 300 g/mol. The van der Waals surface area contributed by atoms with Gasteiger partial charge in [0.25, 0.3) is 5.91 Å². The number of carbonyl (C=O) groups is 1. The average Bonchev–Trinajstić information content (AvgIpc) is 2.43. The van der Waals surface area contributed by atoms with E-state index in [1.165, 1.54) is 25.3 Å². The van der Waals surface area contributed by atoms with Gasteiger partial charge in [0.05, 0.1) is 17.6 Å². The lowest BCUT2D eigenvalue weighted by Crippen LogP contribution is -2.26. The molecule has 0 aliphatic heterocycles. The van der Waals surface area contributed by atoms with Crippen LogP contribution in [0, 0.1) is 0 Å². The zero-order chi connectivity index (χ0) is 15.2. The van der Waals surface area contributed by atoms with Gasteiger partial charge in [0.15, 0.2) is 0 Å². The summed E-state index contributed by atoms with van der Waals surface area (Å²) in [5, 5.41) is 2.70. The topological polar surface area (TPSA) is 84.5 Å². The van der Waals surface area contributed by atoms with Crippen molar-refractivity contribution in [2.45, 2.75) is 25.2 Å². The lowest BCUT2D eigenvalue weighted by Gasteiger charge is -2.11. The largest absolute Gasteiger partial charge is 0.496 e. The van der Waals surface area contributed by atoms with E-state index in [0.717, 1.165) is 6.42 Å². The van der Waals surface area contributed by atoms with Gasteiger partial charge in [-0.1, -0.05) is 13.8 Å². The molecule has 1 aromatic rings. The first-order chi connectivity index (χ1) is 9.46. The van der Waals surface area contributed by atoms with Crippen molar-refractivity contribution in [2.75, 3.05) is 20.2 Å². The molecule has 7 heteroatoms. The van der Waals surface area contributed by atoms with Gasteiger partial charge in [-0.3, -0.25) is 4.79 Å². The maximum Gasteiger partial charge on any atom is 0.255 e. The van der Waals surface area contributed by atoms with E-state index in [1.54, 1.807) is 6.92 Å². The third kappa shape index (κ3) is 3.94. The van der Waals surface area contributed by atoms with Gasteiger partial charge < -0.3 is 10.1 Å². The normalized spacial score (nSPS) is 11.2. The minimum Gasteiger partial charge on any atom is -0.496 e. The van der Waals surface area contributed by atoms with Crippen LogP contribution in [-0.2, 0) is 10.0 Å². The molecule has 0 aliphatic carbocycles. The summed E-state index contributed by atoms with van der Waals surface area (Å²) < 4.78 is 31.4. The molecule has 0 saturated carbocycles. The highest BCUT2D eigenvalue weighted by atomic mass is 32.2. The van der Waals surface area contributed by atoms with E-state index in [9.17, 15) is 13.2 Å². The first-order valence-electron chi connectivity index (χ1n) is 6.42. The predicted octanol–water partition coefficient (Wildman–Crippen LogP) is 1.13. The number of sulfonamides is 1. The maximum absolute atomic E-state index is 12.0. The van der Waals surface area contributed by atoms with Crippen molar-refractivity contribution in [1.29, 1.82) is 0 Å². The molecule has 0 heterocycles. The van der Waals surface area contributed by atoms with E-state index in [0.29, 0.717) is 12.3 Å². The van der Waals surface area contributed by atoms with Crippen LogP contribution in [0.3, 0.4) is 0 Å². The predicted molar refractivity (Wildman–Crippen MR) is 76.5 cm³/mol. The molecule has 0 aliphatic rings. The fourth-order valence-corrected chi connectivity index (χ4v) is 2.71. The van der Waals surface area contributed by atoms with E-state index in [-0.39, 0.29) is 22.9 Å². The van der Waals surface area contributed by atoms with Gasteiger partial charge in [-0.25, -0.2) is 13.1 Å². The Bertz CT molecular complexity index is 570. The van der Waals surface area contributed by atoms with Crippen LogP contribution in [0.2, 0.25) is 0 Å². The number of hydrogen-bond donors (Lipinski definition) is 2. The fraction of sp³-hybridized carbons (Fsp3) is 0.462. The standard InChI is InChI=1S/C13H20N2O4S/c1-4-8-14-13(16)11-9-10(6-7-12(11)19-3)20(17,18)15-5-2/h6-7,9,15H,4-5,8H2,1-3H3,(H,14,16). The third-order valence-electron chi connectivity index (χ3n) is 2.60. The molecular weight excluding hydrogens is 280 g/mol. The Morgan fingerprint density at radius 1 is 1.30 bits per heavy atom. The summed E-state index contributed by atoms with van der Waals surface area (Å²) in [6.07, 6.45) is 0.795. The van der Waals surface area contributed by atoms with Crippen LogP contribution in [0.5, 0.6) is 5.75 Å². The first kappa shape index (κ1) is 16.5. The van der Waals surface area contributed by atoms with Crippen molar-refractivity contribution in [1.82, 2.24) is 10.0 Å². The molecule has 0 radical (unpaired) electrons. The summed E-state index contributed by atoms with van der Waals surface area (Å²) in [4.78, 5) is 12.1. The Morgan fingerprint density at radius 3 is 2.55 bits per heavy atom. The molecule has 0 aromatic heterocycles. The van der Waals surface area contributed by atoms with Crippen LogP contribution in [-0.4, -0.2) is 34.5 Å². The molecular formula is C13H20N2O4S. The molecule has 1 amide bonds. The molecule has 6 nitrogen and oxygen atoms in total. The van der Waals surface area contributed by atoms with Crippen LogP contribution in [0.25, 0.3) is 0 Å².